The SMILES string of the molecule is CNCCc1ccccc1-c1nc(CCC(C)C)no1. The highest BCUT2D eigenvalue weighted by molar-refractivity contribution is 5.58. The zero-order valence-electron chi connectivity index (χ0n) is 12.5. The zero-order chi connectivity index (χ0) is 14.4. The van der Waals surface area contributed by atoms with Gasteiger partial charge in [-0.2, -0.15) is 4.98 Å². The molecular weight excluding hydrogens is 250 g/mol. The molecule has 1 aromatic carbocycles. The first kappa shape index (κ1) is 14.7. The largest absolute Gasteiger partial charge is 0.334 e. The lowest BCUT2D eigenvalue weighted by Crippen LogP contribution is -2.10. The van der Waals surface area contributed by atoms with Crippen LogP contribution in [0.4, 0.5) is 0 Å². The van der Waals surface area contributed by atoms with Crippen molar-refractivity contribution in [1.29, 1.82) is 0 Å². The van der Waals surface area contributed by atoms with Crippen molar-refractivity contribution < 1.29 is 4.52 Å². The first-order chi connectivity index (χ1) is 9.70. The smallest absolute Gasteiger partial charge is 0.258 e. The number of nitrogens with one attached hydrogen (secondary N) is 1. The summed E-state index contributed by atoms with van der Waals surface area (Å²) in [7, 11) is 1.96. The van der Waals surface area contributed by atoms with Crippen LogP contribution >= 0.6 is 0 Å². The molecule has 2 rings (SSSR count). The third-order valence-corrected chi connectivity index (χ3v) is 3.31. The molecule has 0 aliphatic heterocycles. The van der Waals surface area contributed by atoms with Gasteiger partial charge in [0.05, 0.1) is 0 Å². The number of aromatic nitrogens is 2. The Hall–Kier alpha value is -1.68. The van der Waals surface area contributed by atoms with E-state index in [2.05, 4.69) is 35.4 Å². The molecule has 0 amide bonds. The predicted molar refractivity (Wildman–Crippen MR) is 80.5 cm³/mol. The minimum absolute atomic E-state index is 0.635. The highest BCUT2D eigenvalue weighted by Crippen LogP contribution is 2.22. The van der Waals surface area contributed by atoms with Crippen LogP contribution in [0.25, 0.3) is 11.5 Å². The summed E-state index contributed by atoms with van der Waals surface area (Å²) in [6.07, 6.45) is 2.91. The van der Waals surface area contributed by atoms with E-state index in [0.29, 0.717) is 11.8 Å². The standard InChI is InChI=1S/C16H23N3O/c1-12(2)8-9-15-18-16(20-19-15)14-7-5-4-6-13(14)10-11-17-3/h4-7,12,17H,8-11H2,1-3H3. The molecule has 0 aliphatic rings. The first-order valence-corrected chi connectivity index (χ1v) is 7.26. The molecule has 0 saturated carbocycles. The van der Waals surface area contributed by atoms with Gasteiger partial charge in [-0.15, -0.1) is 0 Å². The average molecular weight is 273 g/mol. The zero-order valence-corrected chi connectivity index (χ0v) is 12.5. The van der Waals surface area contributed by atoms with E-state index in [1.165, 1.54) is 5.56 Å². The molecule has 1 N–H and O–H groups in total. The summed E-state index contributed by atoms with van der Waals surface area (Å²) in [6.45, 7) is 5.34. The predicted octanol–water partition coefficient (Wildman–Crippen LogP) is 3.09. The Kier molecular flexibility index (Phi) is 5.30. The quantitative estimate of drug-likeness (QED) is 0.842. The van der Waals surface area contributed by atoms with Crippen molar-refractivity contribution in [2.75, 3.05) is 13.6 Å². The summed E-state index contributed by atoms with van der Waals surface area (Å²) in [5.74, 6) is 2.09. The van der Waals surface area contributed by atoms with Gasteiger partial charge in [0.2, 0.25) is 0 Å². The van der Waals surface area contributed by atoms with E-state index in [1.54, 1.807) is 0 Å². The van der Waals surface area contributed by atoms with Gasteiger partial charge in [0, 0.05) is 12.0 Å². The van der Waals surface area contributed by atoms with Crippen molar-refractivity contribution in [3.8, 4) is 11.5 Å². The number of hydrogen-bond donors (Lipinski definition) is 1. The maximum Gasteiger partial charge on any atom is 0.258 e. The lowest BCUT2D eigenvalue weighted by molar-refractivity contribution is 0.418. The minimum atomic E-state index is 0.635. The number of hydrogen-bond acceptors (Lipinski definition) is 4. The molecule has 0 fully saturated rings. The van der Waals surface area contributed by atoms with Gasteiger partial charge in [-0.05, 0) is 44.0 Å². The molecule has 0 bridgehead atoms. The van der Waals surface area contributed by atoms with Crippen LogP contribution in [0.1, 0.15) is 31.7 Å². The van der Waals surface area contributed by atoms with Gasteiger partial charge >= 0.3 is 0 Å². The molecule has 108 valence electrons. The molecular formula is C16H23N3O. The van der Waals surface area contributed by atoms with E-state index in [1.807, 2.05) is 25.2 Å². The van der Waals surface area contributed by atoms with Crippen LogP contribution in [0.2, 0.25) is 0 Å². The fourth-order valence-electron chi connectivity index (χ4n) is 2.09. The molecule has 4 nitrogen and oxygen atoms in total. The Bertz CT molecular complexity index is 534. The van der Waals surface area contributed by atoms with Crippen molar-refractivity contribution >= 4 is 0 Å². The van der Waals surface area contributed by atoms with Crippen LogP contribution in [-0.4, -0.2) is 23.7 Å². The number of benzene rings is 1. The molecule has 0 spiro atoms. The third kappa shape index (κ3) is 3.90. The van der Waals surface area contributed by atoms with Gasteiger partial charge in [-0.25, -0.2) is 0 Å². The molecule has 0 aliphatic carbocycles. The molecule has 4 heteroatoms. The second-order valence-corrected chi connectivity index (χ2v) is 5.46. The van der Waals surface area contributed by atoms with Gasteiger partial charge in [-0.3, -0.25) is 0 Å². The highest BCUT2D eigenvalue weighted by Gasteiger charge is 2.12. The second kappa shape index (κ2) is 7.20. The molecule has 20 heavy (non-hydrogen) atoms. The molecule has 1 aromatic heterocycles. The fraction of sp³-hybridized carbons (Fsp3) is 0.500. The number of aryl methyl sites for hydroxylation is 1. The Balaban J connectivity index is 2.15. The molecule has 1 heterocycles. The van der Waals surface area contributed by atoms with Crippen molar-refractivity contribution in [3.63, 3.8) is 0 Å². The molecule has 0 saturated heterocycles. The maximum absolute atomic E-state index is 5.42. The van der Waals surface area contributed by atoms with Gasteiger partial charge in [0.15, 0.2) is 5.82 Å². The number of rotatable bonds is 7. The third-order valence-electron chi connectivity index (χ3n) is 3.31. The monoisotopic (exact) mass is 273 g/mol. The minimum Gasteiger partial charge on any atom is -0.334 e. The molecule has 0 radical (unpaired) electrons. The van der Waals surface area contributed by atoms with Crippen LogP contribution in [0.5, 0.6) is 0 Å². The van der Waals surface area contributed by atoms with Crippen molar-refractivity contribution in [2.24, 2.45) is 5.92 Å². The Morgan fingerprint density at radius 2 is 2.00 bits per heavy atom. The maximum atomic E-state index is 5.42. The summed E-state index contributed by atoms with van der Waals surface area (Å²) >= 11 is 0. The van der Waals surface area contributed by atoms with Crippen molar-refractivity contribution in [2.45, 2.75) is 33.1 Å². The van der Waals surface area contributed by atoms with E-state index in [9.17, 15) is 0 Å². The lowest BCUT2D eigenvalue weighted by Gasteiger charge is -2.05. The van der Waals surface area contributed by atoms with Gasteiger partial charge in [0.25, 0.3) is 5.89 Å². The summed E-state index contributed by atoms with van der Waals surface area (Å²) in [5.41, 5.74) is 2.28. The summed E-state index contributed by atoms with van der Waals surface area (Å²) in [5, 5.41) is 7.25. The van der Waals surface area contributed by atoms with Crippen molar-refractivity contribution in [3.05, 3.63) is 35.7 Å². The summed E-state index contributed by atoms with van der Waals surface area (Å²) in [6, 6.07) is 8.22. The van der Waals surface area contributed by atoms with Crippen molar-refractivity contribution in [1.82, 2.24) is 15.5 Å². The molecule has 0 unspecified atom stereocenters. The van der Waals surface area contributed by atoms with Crippen LogP contribution in [0.15, 0.2) is 28.8 Å². The first-order valence-electron chi connectivity index (χ1n) is 7.26. The van der Waals surface area contributed by atoms with E-state index < -0.39 is 0 Å². The second-order valence-electron chi connectivity index (χ2n) is 5.46. The fourth-order valence-corrected chi connectivity index (χ4v) is 2.09. The molecule has 2 aromatic rings. The van der Waals surface area contributed by atoms with Crippen LogP contribution in [-0.2, 0) is 12.8 Å². The van der Waals surface area contributed by atoms with Crippen LogP contribution in [0.3, 0.4) is 0 Å². The van der Waals surface area contributed by atoms with Gasteiger partial charge in [0.1, 0.15) is 0 Å². The van der Waals surface area contributed by atoms with Crippen LogP contribution < -0.4 is 5.32 Å². The lowest BCUT2D eigenvalue weighted by atomic mass is 10.0. The van der Waals surface area contributed by atoms with E-state index in [0.717, 1.165) is 37.2 Å². The van der Waals surface area contributed by atoms with Gasteiger partial charge < -0.3 is 9.84 Å². The number of nitrogens with zero attached hydrogens (tertiary/aromatic N) is 2. The Labute approximate surface area is 120 Å². The van der Waals surface area contributed by atoms with Crippen LogP contribution in [0, 0.1) is 5.92 Å². The summed E-state index contributed by atoms with van der Waals surface area (Å²) in [4.78, 5) is 4.52. The normalized spacial score (nSPS) is 11.2. The van der Waals surface area contributed by atoms with Gasteiger partial charge in [-0.1, -0.05) is 37.2 Å². The Morgan fingerprint density at radius 3 is 2.75 bits per heavy atom. The highest BCUT2D eigenvalue weighted by atomic mass is 16.5. The van der Waals surface area contributed by atoms with E-state index >= 15 is 0 Å². The topological polar surface area (TPSA) is 51.0 Å². The summed E-state index contributed by atoms with van der Waals surface area (Å²) < 4.78 is 5.42. The Morgan fingerprint density at radius 1 is 1.20 bits per heavy atom. The molecule has 0 atom stereocenters. The average Bonchev–Trinajstić information content (AvgIpc) is 2.92. The number of likely N-dealkylation sites (N-methyl/N-ethyl adjacent to an activating group) is 1. The van der Waals surface area contributed by atoms with E-state index in [4.69, 9.17) is 4.52 Å². The van der Waals surface area contributed by atoms with E-state index in [-0.39, 0.29) is 0 Å².